The predicted molar refractivity (Wildman–Crippen MR) is 36.2 cm³/mol. The number of aryl methyl sites for hydroxylation is 1. The van der Waals surface area contributed by atoms with Crippen molar-refractivity contribution in [1.82, 2.24) is 0 Å². The summed E-state index contributed by atoms with van der Waals surface area (Å²) in [6.07, 6.45) is 0. The summed E-state index contributed by atoms with van der Waals surface area (Å²) in [5.41, 5.74) is 1.17. The summed E-state index contributed by atoms with van der Waals surface area (Å²) in [4.78, 5) is 10.2. The van der Waals surface area contributed by atoms with Crippen molar-refractivity contribution in [1.29, 1.82) is 0 Å². The van der Waals surface area contributed by atoms with Gasteiger partial charge in [-0.25, -0.2) is 9.90 Å². The third-order valence-electron chi connectivity index (χ3n) is 1.25. The van der Waals surface area contributed by atoms with Gasteiger partial charge in [-0.05, 0) is 19.1 Å². The molecule has 1 aromatic rings. The second kappa shape index (κ2) is 2.52. The zero-order valence-corrected chi connectivity index (χ0v) is 5.63. The minimum absolute atomic E-state index is 0.236. The van der Waals surface area contributed by atoms with Crippen LogP contribution < -0.4 is 0 Å². The molecule has 1 radical (unpaired) electrons. The zero-order valence-electron chi connectivity index (χ0n) is 5.63. The lowest BCUT2D eigenvalue weighted by Crippen LogP contribution is -1.93. The quantitative estimate of drug-likeness (QED) is 0.575. The number of carbonyl (C=O) groups is 1. The molecule has 0 saturated heterocycles. The molecule has 1 rings (SSSR count). The van der Waals surface area contributed by atoms with Gasteiger partial charge in [0.15, 0.2) is 0 Å². The van der Waals surface area contributed by atoms with E-state index in [4.69, 9.17) is 0 Å². The third-order valence-corrected chi connectivity index (χ3v) is 1.25. The van der Waals surface area contributed by atoms with E-state index in [0.29, 0.717) is 0 Å². The van der Waals surface area contributed by atoms with Crippen LogP contribution >= 0.6 is 0 Å². The summed E-state index contributed by atoms with van der Waals surface area (Å²) >= 11 is 0. The van der Waals surface area contributed by atoms with E-state index in [9.17, 15) is 9.90 Å². The second-order valence-corrected chi connectivity index (χ2v) is 2.16. The van der Waals surface area contributed by atoms with Crippen LogP contribution in [0, 0.1) is 6.92 Å². The van der Waals surface area contributed by atoms with E-state index in [0.717, 1.165) is 5.56 Å². The average Bonchev–Trinajstić information content (AvgIpc) is 1.88. The maximum atomic E-state index is 10.2. The van der Waals surface area contributed by atoms with Crippen LogP contribution in [0.1, 0.15) is 15.9 Å². The van der Waals surface area contributed by atoms with Gasteiger partial charge in [-0.1, -0.05) is 17.7 Å². The van der Waals surface area contributed by atoms with E-state index in [2.05, 4.69) is 0 Å². The summed E-state index contributed by atoms with van der Waals surface area (Å²) in [7, 11) is 0. The van der Waals surface area contributed by atoms with Crippen LogP contribution in [0.2, 0.25) is 0 Å². The largest absolute Gasteiger partial charge is 0.386 e. The van der Waals surface area contributed by atoms with Gasteiger partial charge in [0, 0.05) is 0 Å². The molecule has 0 bridgehead atoms. The topological polar surface area (TPSA) is 37.0 Å². The number of rotatable bonds is 1. The smallest absolute Gasteiger partial charge is 0.242 e. The Morgan fingerprint density at radius 2 is 2.10 bits per heavy atom. The maximum Gasteiger partial charge on any atom is 0.386 e. The normalized spacial score (nSPS) is 9.30. The molecule has 0 aromatic heterocycles. The molecule has 0 fully saturated rings. The van der Waals surface area contributed by atoms with Gasteiger partial charge in [0.05, 0.1) is 5.56 Å². The number of benzene rings is 1. The van der Waals surface area contributed by atoms with Crippen molar-refractivity contribution in [2.75, 3.05) is 0 Å². The lowest BCUT2D eigenvalue weighted by molar-refractivity contribution is 0.0573. The van der Waals surface area contributed by atoms with E-state index < -0.39 is 5.97 Å². The Hall–Kier alpha value is -1.31. The Labute approximate surface area is 59.1 Å². The Bertz CT molecular complexity index is 253. The highest BCUT2D eigenvalue weighted by atomic mass is 16.4. The lowest BCUT2D eigenvalue weighted by Gasteiger charge is -1.91. The van der Waals surface area contributed by atoms with Crippen molar-refractivity contribution in [3.8, 4) is 0 Å². The summed E-state index contributed by atoms with van der Waals surface area (Å²) in [6.45, 7) is 1.84. The highest BCUT2D eigenvalue weighted by Gasteiger charge is 2.02. The molecule has 1 aromatic carbocycles. The van der Waals surface area contributed by atoms with Crippen molar-refractivity contribution in [3.63, 3.8) is 0 Å². The molecule has 0 N–H and O–H groups in total. The predicted octanol–water partition coefficient (Wildman–Crippen LogP) is 1.57. The zero-order chi connectivity index (χ0) is 7.56. The molecule has 0 atom stereocenters. The van der Waals surface area contributed by atoms with E-state index >= 15 is 0 Å². The van der Waals surface area contributed by atoms with Crippen molar-refractivity contribution in [3.05, 3.63) is 35.4 Å². The van der Waals surface area contributed by atoms with Gasteiger partial charge in [-0.15, -0.1) is 0 Å². The average molecular weight is 135 g/mol. The summed E-state index contributed by atoms with van der Waals surface area (Å²) in [5, 5.41) is 10.2. The minimum atomic E-state index is -1.12. The second-order valence-electron chi connectivity index (χ2n) is 2.16. The van der Waals surface area contributed by atoms with Crippen LogP contribution in [0.3, 0.4) is 0 Å². The van der Waals surface area contributed by atoms with Gasteiger partial charge in [0.1, 0.15) is 0 Å². The Balaban J connectivity index is 3.07. The highest BCUT2D eigenvalue weighted by Crippen LogP contribution is 2.02. The van der Waals surface area contributed by atoms with E-state index in [1.807, 2.05) is 13.0 Å². The van der Waals surface area contributed by atoms with E-state index in [1.165, 1.54) is 6.07 Å². The van der Waals surface area contributed by atoms with Gasteiger partial charge >= 0.3 is 5.97 Å². The summed E-state index contributed by atoms with van der Waals surface area (Å²) < 4.78 is 0. The molecule has 10 heavy (non-hydrogen) atoms. The molecule has 0 aliphatic heterocycles. The van der Waals surface area contributed by atoms with Crippen LogP contribution in [0.25, 0.3) is 0 Å². The van der Waals surface area contributed by atoms with Gasteiger partial charge in [-0.2, -0.15) is 0 Å². The van der Waals surface area contributed by atoms with Crippen molar-refractivity contribution in [2.45, 2.75) is 6.92 Å². The molecular formula is C8H7O2. The Morgan fingerprint density at radius 1 is 1.40 bits per heavy atom. The molecule has 2 heteroatoms. The first-order valence-electron chi connectivity index (χ1n) is 2.98. The van der Waals surface area contributed by atoms with Gasteiger partial charge in [0.2, 0.25) is 0 Å². The molecule has 51 valence electrons. The third kappa shape index (κ3) is 1.35. The molecule has 0 aliphatic carbocycles. The molecule has 0 aliphatic rings. The van der Waals surface area contributed by atoms with Crippen LogP contribution in [-0.2, 0) is 5.11 Å². The van der Waals surface area contributed by atoms with Gasteiger partial charge in [-0.3, -0.25) is 0 Å². The molecule has 0 saturated carbocycles. The van der Waals surface area contributed by atoms with E-state index in [1.54, 1.807) is 12.1 Å². The summed E-state index contributed by atoms with van der Waals surface area (Å²) in [6, 6.07) is 6.63. The number of carbonyl (C=O) groups excluding carboxylic acids is 1. The van der Waals surface area contributed by atoms with Gasteiger partial charge < -0.3 is 0 Å². The SMILES string of the molecule is Cc1cccc(C([O])=O)c1. The van der Waals surface area contributed by atoms with Crippen molar-refractivity contribution in [2.24, 2.45) is 0 Å². The standard InChI is InChI=1S/C8H7O2/c1-6-3-2-4-7(5-6)8(9)10/h2-5H,1H3. The fourth-order valence-corrected chi connectivity index (χ4v) is 0.772. The lowest BCUT2D eigenvalue weighted by atomic mass is 10.1. The van der Waals surface area contributed by atoms with Crippen LogP contribution in [-0.4, -0.2) is 5.97 Å². The molecular weight excluding hydrogens is 128 g/mol. The fourth-order valence-electron chi connectivity index (χ4n) is 0.772. The van der Waals surface area contributed by atoms with Crippen LogP contribution in [0.5, 0.6) is 0 Å². The highest BCUT2D eigenvalue weighted by molar-refractivity contribution is 5.87. The Morgan fingerprint density at radius 3 is 2.50 bits per heavy atom. The summed E-state index contributed by atoms with van der Waals surface area (Å²) in [5.74, 6) is -1.12. The molecule has 0 unspecified atom stereocenters. The molecule has 0 amide bonds. The first kappa shape index (κ1) is 6.81. The van der Waals surface area contributed by atoms with Crippen LogP contribution in [0.4, 0.5) is 0 Å². The van der Waals surface area contributed by atoms with Gasteiger partial charge in [0.25, 0.3) is 0 Å². The van der Waals surface area contributed by atoms with Crippen LogP contribution in [0.15, 0.2) is 24.3 Å². The Kier molecular flexibility index (Phi) is 1.71. The first-order chi connectivity index (χ1) is 4.70. The molecule has 0 heterocycles. The minimum Gasteiger partial charge on any atom is -0.242 e. The number of hydrogen-bond donors (Lipinski definition) is 0. The molecule has 2 nitrogen and oxygen atoms in total. The first-order valence-corrected chi connectivity index (χ1v) is 2.98. The fraction of sp³-hybridized carbons (Fsp3) is 0.125. The molecule has 0 spiro atoms. The van der Waals surface area contributed by atoms with Crippen molar-refractivity contribution >= 4 is 5.97 Å². The number of hydrogen-bond acceptors (Lipinski definition) is 1. The van der Waals surface area contributed by atoms with E-state index in [-0.39, 0.29) is 5.56 Å². The maximum absolute atomic E-state index is 10.2. The van der Waals surface area contributed by atoms with Crippen molar-refractivity contribution < 1.29 is 9.90 Å². The monoisotopic (exact) mass is 135 g/mol.